The molecule has 0 saturated carbocycles. The van der Waals surface area contributed by atoms with E-state index < -0.39 is 10.8 Å². The molecule has 3 heterocycles. The largest absolute Gasteiger partial charge is 0.412 e. The molecule has 0 aliphatic carbocycles. The normalized spacial score (nSPS) is 18.3. The zero-order chi connectivity index (χ0) is 26.4. The van der Waals surface area contributed by atoms with E-state index in [4.69, 9.17) is 28.9 Å². The van der Waals surface area contributed by atoms with Crippen molar-refractivity contribution >= 4 is 63.2 Å². The van der Waals surface area contributed by atoms with E-state index >= 15 is 0 Å². The van der Waals surface area contributed by atoms with Crippen molar-refractivity contribution in [2.75, 3.05) is 18.4 Å². The third-order valence-electron chi connectivity index (χ3n) is 6.86. The van der Waals surface area contributed by atoms with E-state index in [1.54, 1.807) is 47.4 Å². The van der Waals surface area contributed by atoms with Gasteiger partial charge in [0.25, 0.3) is 11.8 Å². The first-order valence-corrected chi connectivity index (χ1v) is 13.9. The van der Waals surface area contributed by atoms with Crippen LogP contribution in [0, 0.1) is 13.8 Å². The summed E-state index contributed by atoms with van der Waals surface area (Å²) in [6, 6.07) is 10.4. The minimum atomic E-state index is -1.44. The molecule has 1 fully saturated rings. The lowest BCUT2D eigenvalue weighted by molar-refractivity contribution is -0.110. The number of aromatic nitrogens is 1. The summed E-state index contributed by atoms with van der Waals surface area (Å²) < 4.78 is 13.2. The van der Waals surface area contributed by atoms with Crippen molar-refractivity contribution in [3.8, 4) is 0 Å². The quantitative estimate of drug-likeness (QED) is 0.395. The van der Waals surface area contributed by atoms with Gasteiger partial charge in [0, 0.05) is 62.3 Å². The van der Waals surface area contributed by atoms with Crippen LogP contribution in [-0.2, 0) is 21.3 Å². The highest BCUT2D eigenvalue weighted by Crippen LogP contribution is 2.36. The molecule has 1 saturated heterocycles. The van der Waals surface area contributed by atoms with Crippen molar-refractivity contribution in [3.63, 3.8) is 0 Å². The number of fused-ring (bicyclic) bond motifs is 1. The minimum absolute atomic E-state index is 0. The van der Waals surface area contributed by atoms with Crippen LogP contribution in [0.4, 0.5) is 5.69 Å². The van der Waals surface area contributed by atoms with Gasteiger partial charge in [0.1, 0.15) is 0 Å². The molecule has 1 aromatic heterocycles. The van der Waals surface area contributed by atoms with Crippen molar-refractivity contribution in [3.05, 3.63) is 80.1 Å². The van der Waals surface area contributed by atoms with Gasteiger partial charge in [-0.2, -0.15) is 0 Å². The van der Waals surface area contributed by atoms with Crippen molar-refractivity contribution < 1.29 is 19.3 Å². The van der Waals surface area contributed by atoms with Gasteiger partial charge >= 0.3 is 0 Å². The third kappa shape index (κ3) is 5.17. The van der Waals surface area contributed by atoms with Crippen molar-refractivity contribution in [1.29, 1.82) is 0 Å². The van der Waals surface area contributed by atoms with Gasteiger partial charge in [0.2, 0.25) is 0 Å². The number of aryl methyl sites for hydroxylation is 1. The number of halogens is 2. The maximum absolute atomic E-state index is 13.2. The maximum atomic E-state index is 13.2. The minimum Gasteiger partial charge on any atom is -0.412 e. The number of hydrogen-bond acceptors (Lipinski definition) is 4. The molecule has 0 bridgehead atoms. The van der Waals surface area contributed by atoms with Crippen molar-refractivity contribution in [1.82, 2.24) is 9.88 Å². The fourth-order valence-electron chi connectivity index (χ4n) is 4.85. The second-order valence-electron chi connectivity index (χ2n) is 9.37. The highest BCUT2D eigenvalue weighted by molar-refractivity contribution is 7.84. The number of aromatic amines is 1. The van der Waals surface area contributed by atoms with Crippen LogP contribution >= 0.6 is 23.2 Å². The number of hydrogen-bond donors (Lipinski definition) is 3. The lowest BCUT2D eigenvalue weighted by Crippen LogP contribution is -2.32. The molecular formula is C27H28Cl2N4O4S. The number of anilines is 1. The molecular weight excluding hydrogens is 547 g/mol. The molecule has 2 amide bonds. The molecule has 2 aliphatic heterocycles. The number of likely N-dealkylation sites (tertiary alicyclic amines) is 1. The monoisotopic (exact) mass is 574 g/mol. The summed E-state index contributed by atoms with van der Waals surface area (Å²) in [6.45, 7) is 4.89. The molecule has 1 unspecified atom stereocenters. The number of H-pyrrole nitrogens is 1. The summed E-state index contributed by atoms with van der Waals surface area (Å²) >= 11 is 12.5. The Morgan fingerprint density at radius 3 is 2.58 bits per heavy atom. The molecule has 11 heteroatoms. The van der Waals surface area contributed by atoms with Crippen LogP contribution in [0.2, 0.25) is 10.0 Å². The zero-order valence-corrected chi connectivity index (χ0v) is 23.2. The van der Waals surface area contributed by atoms with Gasteiger partial charge in [-0.05, 0) is 62.2 Å². The molecule has 0 radical (unpaired) electrons. The van der Waals surface area contributed by atoms with Gasteiger partial charge in [-0.25, -0.2) is 0 Å². The first-order valence-electron chi connectivity index (χ1n) is 11.9. The fraction of sp³-hybridized carbons (Fsp3) is 0.259. The molecule has 5 rings (SSSR count). The number of carbonyl (C=O) groups excluding carboxylic acids is 2. The smallest absolute Gasteiger partial charge is 0.256 e. The van der Waals surface area contributed by atoms with Crippen LogP contribution in [-0.4, -0.2) is 50.5 Å². The number of amides is 2. The molecule has 38 heavy (non-hydrogen) atoms. The molecule has 200 valence electrons. The summed E-state index contributed by atoms with van der Waals surface area (Å²) in [5.74, 6) is -0.175. The average molecular weight is 576 g/mol. The van der Waals surface area contributed by atoms with Crippen LogP contribution in [0.5, 0.6) is 0 Å². The molecule has 2 atom stereocenters. The van der Waals surface area contributed by atoms with E-state index in [0.717, 1.165) is 17.7 Å². The fourth-order valence-corrected chi connectivity index (χ4v) is 6.75. The number of benzene rings is 2. The number of rotatable bonds is 5. The van der Waals surface area contributed by atoms with Gasteiger partial charge in [-0.15, -0.1) is 0 Å². The lowest BCUT2D eigenvalue weighted by atomic mass is 10.0. The predicted molar refractivity (Wildman–Crippen MR) is 152 cm³/mol. The van der Waals surface area contributed by atoms with Gasteiger partial charge in [-0.1, -0.05) is 29.3 Å². The summed E-state index contributed by atoms with van der Waals surface area (Å²) in [7, 11) is -1.44. The van der Waals surface area contributed by atoms with E-state index in [1.165, 1.54) is 0 Å². The Hall–Kier alpha value is -2.95. The highest BCUT2D eigenvalue weighted by Gasteiger charge is 2.30. The summed E-state index contributed by atoms with van der Waals surface area (Å²) in [5.41, 5.74) is 11.1. The molecule has 2 aliphatic rings. The lowest BCUT2D eigenvalue weighted by Gasteiger charge is -2.16. The Labute approximate surface area is 233 Å². The molecule has 0 spiro atoms. The summed E-state index contributed by atoms with van der Waals surface area (Å²) in [5, 5.41) is 3.78. The second kappa shape index (κ2) is 11.0. The van der Waals surface area contributed by atoms with E-state index in [9.17, 15) is 13.8 Å². The third-order valence-corrected chi connectivity index (χ3v) is 8.90. The Kier molecular flexibility index (Phi) is 8.15. The summed E-state index contributed by atoms with van der Waals surface area (Å²) in [6.07, 6.45) is 2.53. The second-order valence-corrected chi connectivity index (χ2v) is 11.6. The first-order chi connectivity index (χ1) is 17.6. The Bertz CT molecular complexity index is 1480. The Morgan fingerprint density at radius 1 is 1.21 bits per heavy atom. The van der Waals surface area contributed by atoms with Gasteiger partial charge < -0.3 is 26.4 Å². The topological polar surface area (TPSA) is 140 Å². The molecule has 2 aromatic carbocycles. The molecule has 8 nitrogen and oxygen atoms in total. The van der Waals surface area contributed by atoms with E-state index in [2.05, 4.69) is 10.3 Å². The van der Waals surface area contributed by atoms with Crippen LogP contribution in [0.1, 0.15) is 44.9 Å². The summed E-state index contributed by atoms with van der Waals surface area (Å²) in [4.78, 5) is 31.6. The average Bonchev–Trinajstić information content (AvgIpc) is 3.51. The molecule has 3 aromatic rings. The standard InChI is InChI=1S/C27H26Cl2N4O3S.H2O/c1-14-24(31-15(2)25(14)27(35)33-9-8-16(30)12-33)11-19-18-10-17(6-7-23(18)32-26(19)34)37(36)13-20-21(28)4-3-5-22(20)29;/h3-7,10-11,16,31H,8-9,12-13,30H2,1-2H3,(H,32,34);1H2/b19-11-;/t16-,37?;/m0./s1. The van der Waals surface area contributed by atoms with Gasteiger partial charge in [0.05, 0.1) is 27.7 Å². The zero-order valence-electron chi connectivity index (χ0n) is 20.9. The van der Waals surface area contributed by atoms with Crippen LogP contribution in [0.3, 0.4) is 0 Å². The molecule has 6 N–H and O–H groups in total. The van der Waals surface area contributed by atoms with E-state index in [-0.39, 0.29) is 29.1 Å². The first kappa shape index (κ1) is 28.1. The SMILES string of the molecule is Cc1[nH]c(/C=C2\C(=O)Nc3ccc(S(=O)Cc4c(Cl)cccc4Cl)cc32)c(C)c1C(=O)N1CC[C@H](N)C1.O. The van der Waals surface area contributed by atoms with Crippen LogP contribution in [0.25, 0.3) is 11.6 Å². The Balaban J connectivity index is 0.00000336. The maximum Gasteiger partial charge on any atom is 0.256 e. The Morgan fingerprint density at radius 2 is 1.92 bits per heavy atom. The number of nitrogens with two attached hydrogens (primary N) is 1. The van der Waals surface area contributed by atoms with Crippen LogP contribution in [0.15, 0.2) is 41.3 Å². The highest BCUT2D eigenvalue weighted by atomic mass is 35.5. The number of carbonyl (C=O) groups is 2. The van der Waals surface area contributed by atoms with Crippen molar-refractivity contribution in [2.24, 2.45) is 5.73 Å². The predicted octanol–water partition coefficient (Wildman–Crippen LogP) is 4.09. The van der Waals surface area contributed by atoms with Crippen LogP contribution < -0.4 is 11.1 Å². The van der Waals surface area contributed by atoms with Gasteiger partial charge in [0.15, 0.2) is 0 Å². The van der Waals surface area contributed by atoms with E-state index in [1.807, 2.05) is 13.8 Å². The number of nitrogens with zero attached hydrogens (tertiary/aromatic N) is 1. The van der Waals surface area contributed by atoms with Gasteiger partial charge in [-0.3, -0.25) is 13.8 Å². The van der Waals surface area contributed by atoms with Crippen molar-refractivity contribution in [2.45, 2.75) is 37.0 Å². The van der Waals surface area contributed by atoms with E-state index in [0.29, 0.717) is 61.7 Å². The number of nitrogens with one attached hydrogen (secondary N) is 2.